The topological polar surface area (TPSA) is 18.5 Å². The fourth-order valence-corrected chi connectivity index (χ4v) is 10.5. The number of rotatable bonds is 0. The molecule has 0 aromatic heterocycles. The highest BCUT2D eigenvalue weighted by Crippen LogP contribution is 2.44. The van der Waals surface area contributed by atoms with Crippen LogP contribution >= 0.6 is 0 Å². The van der Waals surface area contributed by atoms with Gasteiger partial charge in [0.1, 0.15) is 23.0 Å². The first-order chi connectivity index (χ1) is 28.8. The van der Waals surface area contributed by atoms with Crippen molar-refractivity contribution in [2.24, 2.45) is 0 Å². The molecule has 0 radical (unpaired) electrons. The Hall–Kier alpha value is -7.29. The lowest BCUT2D eigenvalue weighted by molar-refractivity contribution is 0.476. The smallest absolute Gasteiger partial charge is 0.252 e. The molecule has 0 amide bonds. The molecule has 4 heteroatoms. The summed E-state index contributed by atoms with van der Waals surface area (Å²) >= 11 is 0. The zero-order chi connectivity index (χ0) is 37.9. The Bertz CT molecular complexity index is 3000. The van der Waals surface area contributed by atoms with Crippen LogP contribution < -0.4 is 42.3 Å². The van der Waals surface area contributed by atoms with Crippen molar-refractivity contribution in [3.8, 4) is 89.8 Å². The predicted octanol–water partition coefficient (Wildman–Crippen LogP) is 9.56. The number of fused-ring (bicyclic) bond motifs is 18. The van der Waals surface area contributed by atoms with Gasteiger partial charge in [-0.25, -0.2) is 0 Å². The molecule has 0 saturated carbocycles. The summed E-state index contributed by atoms with van der Waals surface area (Å²) in [6.07, 6.45) is 0. The molecule has 2 nitrogen and oxygen atoms in total. The molecule has 0 atom stereocenters. The minimum atomic E-state index is -0.112. The number of benzene rings is 9. The van der Waals surface area contributed by atoms with Crippen LogP contribution in [0, 0.1) is 0 Å². The zero-order valence-electron chi connectivity index (χ0n) is 31.4. The maximum absolute atomic E-state index is 7.19. The maximum atomic E-state index is 7.19. The summed E-state index contributed by atoms with van der Waals surface area (Å²) in [6.45, 7) is -0.225. The second-order valence-corrected chi connectivity index (χ2v) is 15.8. The first-order valence-corrected chi connectivity index (χ1v) is 20.2. The van der Waals surface area contributed by atoms with Crippen molar-refractivity contribution in [2.75, 3.05) is 0 Å². The summed E-state index contributed by atoms with van der Waals surface area (Å²) in [5, 5.41) is 0. The van der Waals surface area contributed by atoms with Gasteiger partial charge in [0, 0.05) is 0 Å². The summed E-state index contributed by atoms with van der Waals surface area (Å²) < 4.78 is 14.4. The van der Waals surface area contributed by atoms with Crippen LogP contribution in [-0.4, -0.2) is 13.4 Å². The highest BCUT2D eigenvalue weighted by molar-refractivity contribution is 7.00. The average molecular weight is 734 g/mol. The van der Waals surface area contributed by atoms with E-state index in [1.54, 1.807) is 0 Å². The van der Waals surface area contributed by atoms with Crippen molar-refractivity contribution in [1.82, 2.24) is 0 Å². The van der Waals surface area contributed by atoms with Crippen molar-refractivity contribution in [3.63, 3.8) is 0 Å². The molecule has 0 fully saturated rings. The van der Waals surface area contributed by atoms with E-state index < -0.39 is 0 Å². The van der Waals surface area contributed by atoms with Gasteiger partial charge in [-0.15, -0.1) is 0 Å². The average Bonchev–Trinajstić information content (AvgIpc) is 3.36. The summed E-state index contributed by atoms with van der Waals surface area (Å²) in [7, 11) is 0. The lowest BCUT2D eigenvalue weighted by Gasteiger charge is -2.34. The Kier molecular flexibility index (Phi) is 6.65. The first-order valence-electron chi connectivity index (χ1n) is 20.2. The normalized spacial score (nSPS) is 13.0. The van der Waals surface area contributed by atoms with E-state index in [-0.39, 0.29) is 13.4 Å². The highest BCUT2D eigenvalue weighted by Gasteiger charge is 2.43. The van der Waals surface area contributed by atoms with Crippen LogP contribution in [0.5, 0.6) is 23.0 Å². The molecule has 9 aromatic carbocycles. The fourth-order valence-electron chi connectivity index (χ4n) is 10.5. The number of hydrogen-bond donors (Lipinski definition) is 0. The zero-order valence-corrected chi connectivity index (χ0v) is 31.4. The van der Waals surface area contributed by atoms with Crippen molar-refractivity contribution < 1.29 is 9.47 Å². The van der Waals surface area contributed by atoms with Crippen LogP contribution in [0.25, 0.3) is 66.8 Å². The molecular weight excluding hydrogens is 702 g/mol. The molecule has 0 spiro atoms. The second-order valence-electron chi connectivity index (χ2n) is 15.8. The standard InChI is InChI=1S/C54H32B2O2/c1-5-19-37-33(15-1)35-17-3-7-21-39(35)43-25-13-29-49-53(43)55(45-27-11-9-23-41(37)45)47-31-52-48(32-51(47)57-49)56-46-28-12-10-24-42(46)38-20-6-2-16-34(38)36-18-4-8-22-40(36)44-26-14-30-50(58-52)54(44)56/h1-32H. The molecule has 0 bridgehead atoms. The van der Waals surface area contributed by atoms with E-state index in [2.05, 4.69) is 194 Å². The van der Waals surface area contributed by atoms with Gasteiger partial charge in [0.15, 0.2) is 0 Å². The van der Waals surface area contributed by atoms with E-state index in [9.17, 15) is 0 Å². The first kappa shape index (κ1) is 31.9. The van der Waals surface area contributed by atoms with Crippen LogP contribution in [0.2, 0.25) is 0 Å². The van der Waals surface area contributed by atoms with Crippen LogP contribution in [0.3, 0.4) is 0 Å². The summed E-state index contributed by atoms with van der Waals surface area (Å²) in [4.78, 5) is 0. The fraction of sp³-hybridized carbons (Fsp3) is 0. The van der Waals surface area contributed by atoms with Crippen LogP contribution in [-0.2, 0) is 0 Å². The van der Waals surface area contributed by atoms with Crippen molar-refractivity contribution >= 4 is 46.2 Å². The highest BCUT2D eigenvalue weighted by atomic mass is 16.5. The minimum Gasteiger partial charge on any atom is -0.458 e. The molecule has 4 aliphatic rings. The Morgan fingerprint density at radius 1 is 0.224 bits per heavy atom. The number of ether oxygens (including phenoxy) is 2. The van der Waals surface area contributed by atoms with Gasteiger partial charge in [-0.05, 0) is 113 Å². The van der Waals surface area contributed by atoms with E-state index in [0.717, 1.165) is 33.9 Å². The van der Waals surface area contributed by atoms with Gasteiger partial charge in [0.2, 0.25) is 0 Å². The molecule has 0 aliphatic carbocycles. The Morgan fingerprint density at radius 2 is 0.500 bits per heavy atom. The van der Waals surface area contributed by atoms with Gasteiger partial charge in [0.05, 0.1) is 0 Å². The Balaban J connectivity index is 1.11. The molecule has 58 heavy (non-hydrogen) atoms. The molecule has 266 valence electrons. The van der Waals surface area contributed by atoms with Gasteiger partial charge in [0.25, 0.3) is 13.4 Å². The maximum Gasteiger partial charge on any atom is 0.252 e. The molecule has 4 aliphatic heterocycles. The summed E-state index contributed by atoms with van der Waals surface area (Å²) in [5.74, 6) is 3.51. The van der Waals surface area contributed by atoms with Gasteiger partial charge < -0.3 is 9.47 Å². The van der Waals surface area contributed by atoms with E-state index in [4.69, 9.17) is 9.47 Å². The van der Waals surface area contributed by atoms with Gasteiger partial charge in [-0.3, -0.25) is 0 Å². The molecule has 9 aromatic rings. The Morgan fingerprint density at radius 3 is 0.862 bits per heavy atom. The van der Waals surface area contributed by atoms with Crippen LogP contribution in [0.4, 0.5) is 0 Å². The third-order valence-corrected chi connectivity index (χ3v) is 12.9. The lowest BCUT2D eigenvalue weighted by Crippen LogP contribution is -2.59. The lowest BCUT2D eigenvalue weighted by atomic mass is 9.32. The van der Waals surface area contributed by atoms with E-state index in [0.29, 0.717) is 0 Å². The largest absolute Gasteiger partial charge is 0.458 e. The van der Waals surface area contributed by atoms with Gasteiger partial charge >= 0.3 is 0 Å². The monoisotopic (exact) mass is 734 g/mol. The molecule has 4 heterocycles. The van der Waals surface area contributed by atoms with E-state index in [1.165, 1.54) is 88.6 Å². The predicted molar refractivity (Wildman–Crippen MR) is 241 cm³/mol. The minimum absolute atomic E-state index is 0.112. The second kappa shape index (κ2) is 12.1. The van der Waals surface area contributed by atoms with Gasteiger partial charge in [-0.2, -0.15) is 0 Å². The molecule has 0 saturated heterocycles. The van der Waals surface area contributed by atoms with Crippen molar-refractivity contribution in [3.05, 3.63) is 194 Å². The van der Waals surface area contributed by atoms with Crippen molar-refractivity contribution in [1.29, 1.82) is 0 Å². The van der Waals surface area contributed by atoms with Crippen LogP contribution in [0.15, 0.2) is 194 Å². The van der Waals surface area contributed by atoms with E-state index in [1.807, 2.05) is 0 Å². The molecule has 0 unspecified atom stereocenters. The number of hydrogen-bond acceptors (Lipinski definition) is 2. The van der Waals surface area contributed by atoms with Crippen LogP contribution in [0.1, 0.15) is 0 Å². The quantitative estimate of drug-likeness (QED) is 0.145. The molecule has 0 N–H and O–H groups in total. The molecule has 13 rings (SSSR count). The Labute approximate surface area is 338 Å². The SMILES string of the molecule is c1ccc2c(c1)B1c3cc4c(cc3Oc3cccc(c31)-c1ccccc1-c1ccccc1-2)B1c2ccccc2-c2ccccc2-c2ccccc2-c2cccc(c21)O4. The van der Waals surface area contributed by atoms with Gasteiger partial charge in [-0.1, -0.05) is 181 Å². The van der Waals surface area contributed by atoms with E-state index >= 15 is 0 Å². The van der Waals surface area contributed by atoms with Crippen molar-refractivity contribution in [2.45, 2.75) is 0 Å². The summed E-state index contributed by atoms with van der Waals surface area (Å²) in [5.41, 5.74) is 21.7. The summed E-state index contributed by atoms with van der Waals surface area (Å²) in [6, 6.07) is 71.0. The third-order valence-electron chi connectivity index (χ3n) is 12.9. The molecular formula is C54H32B2O2. The third kappa shape index (κ3) is 4.40.